The zero-order valence-corrected chi connectivity index (χ0v) is 19.0. The van der Waals surface area contributed by atoms with Crippen molar-refractivity contribution in [2.75, 3.05) is 12.5 Å². The van der Waals surface area contributed by atoms with Crippen LogP contribution in [-0.4, -0.2) is 52.8 Å². The molecule has 10 heteroatoms. The number of benzene rings is 2. The summed E-state index contributed by atoms with van der Waals surface area (Å²) in [5, 5.41) is 13.0. The van der Waals surface area contributed by atoms with Crippen LogP contribution in [0.25, 0.3) is 11.1 Å². The Labute approximate surface area is 183 Å². The predicted octanol–water partition coefficient (Wildman–Crippen LogP) is 2.28. The van der Waals surface area contributed by atoms with Crippen molar-refractivity contribution in [1.29, 1.82) is 0 Å². The lowest BCUT2D eigenvalue weighted by Gasteiger charge is -2.26. The van der Waals surface area contributed by atoms with Gasteiger partial charge in [-0.2, -0.15) is 0 Å². The van der Waals surface area contributed by atoms with Crippen LogP contribution in [0.1, 0.15) is 25.3 Å². The van der Waals surface area contributed by atoms with Crippen molar-refractivity contribution in [1.82, 2.24) is 5.48 Å². The lowest BCUT2D eigenvalue weighted by Crippen LogP contribution is -2.51. The summed E-state index contributed by atoms with van der Waals surface area (Å²) in [6, 6.07) is 15.1. The van der Waals surface area contributed by atoms with Gasteiger partial charge in [-0.25, -0.2) is 13.9 Å². The number of nitrogens with zero attached hydrogens (tertiary/aromatic N) is 1. The van der Waals surface area contributed by atoms with Gasteiger partial charge in [0.15, 0.2) is 14.6 Å². The summed E-state index contributed by atoms with van der Waals surface area (Å²) in [5.74, 6) is -1.01. The quantitative estimate of drug-likeness (QED) is 0.479. The molecule has 8 nitrogen and oxygen atoms in total. The highest BCUT2D eigenvalue weighted by atomic mass is 32.2. The Morgan fingerprint density at radius 3 is 2.16 bits per heavy atom. The van der Waals surface area contributed by atoms with Crippen LogP contribution in [0.3, 0.4) is 0 Å². The fourth-order valence-corrected chi connectivity index (χ4v) is 4.76. The maximum atomic E-state index is 12.1. The number of rotatable bonds is 7. The number of hydroxylamine groups is 1. The van der Waals surface area contributed by atoms with E-state index in [1.807, 2.05) is 48.5 Å². The van der Waals surface area contributed by atoms with Gasteiger partial charge in [-0.15, -0.1) is 0 Å². The minimum atomic E-state index is -3.81. The van der Waals surface area contributed by atoms with E-state index in [9.17, 15) is 17.4 Å². The van der Waals surface area contributed by atoms with Gasteiger partial charge >= 0.3 is 0 Å². The third-order valence-electron chi connectivity index (χ3n) is 5.49. The van der Waals surface area contributed by atoms with Crippen molar-refractivity contribution in [3.05, 3.63) is 54.1 Å². The molecule has 2 aromatic rings. The van der Waals surface area contributed by atoms with Crippen LogP contribution < -0.4 is 5.48 Å². The second-order valence-electron chi connectivity index (χ2n) is 7.67. The van der Waals surface area contributed by atoms with Crippen LogP contribution in [0.2, 0.25) is 0 Å². The zero-order chi connectivity index (χ0) is 22.8. The summed E-state index contributed by atoms with van der Waals surface area (Å²) in [5.41, 5.74) is 4.88. The lowest BCUT2D eigenvalue weighted by molar-refractivity contribution is -0.132. The molecule has 0 spiro atoms. The molecule has 0 saturated carbocycles. The first-order valence-electron chi connectivity index (χ1n) is 9.46. The summed E-state index contributed by atoms with van der Waals surface area (Å²) >= 11 is 0. The maximum Gasteiger partial charge on any atom is 0.264 e. The Morgan fingerprint density at radius 2 is 1.68 bits per heavy atom. The molecular formula is C21H24N2O6S2. The van der Waals surface area contributed by atoms with Crippen LogP contribution in [0.5, 0.6) is 0 Å². The van der Waals surface area contributed by atoms with Gasteiger partial charge in [0.05, 0.1) is 5.71 Å². The summed E-state index contributed by atoms with van der Waals surface area (Å²) in [6.45, 7) is 1.25. The van der Waals surface area contributed by atoms with E-state index in [0.717, 1.165) is 27.8 Å². The highest BCUT2D eigenvalue weighted by molar-refractivity contribution is 7.92. The largest absolute Gasteiger partial charge is 0.392 e. The van der Waals surface area contributed by atoms with Crippen molar-refractivity contribution in [3.63, 3.8) is 0 Å². The number of amides is 1. The standard InChI is InChI=1S/C21H24N2O6S2/c1-21(20(24)22-25,31(3,27)28)13-17-12-19(23-29-17)16-6-4-14(5-7-16)15-8-10-18(11-9-15)30(2)26/h4-11,17,25H,12-13H2,1-3H3,(H,22,24). The highest BCUT2D eigenvalue weighted by Gasteiger charge is 2.47. The van der Waals surface area contributed by atoms with E-state index < -0.39 is 37.4 Å². The van der Waals surface area contributed by atoms with Gasteiger partial charge in [-0.05, 0) is 35.7 Å². The maximum absolute atomic E-state index is 12.1. The van der Waals surface area contributed by atoms with Gasteiger partial charge in [-0.1, -0.05) is 41.6 Å². The molecule has 2 N–H and O–H groups in total. The number of hydrogen-bond acceptors (Lipinski definition) is 7. The molecule has 31 heavy (non-hydrogen) atoms. The lowest BCUT2D eigenvalue weighted by atomic mass is 9.95. The Bertz CT molecular complexity index is 1130. The average molecular weight is 465 g/mol. The molecule has 2 aromatic carbocycles. The Morgan fingerprint density at radius 1 is 1.16 bits per heavy atom. The fraction of sp³-hybridized carbons (Fsp3) is 0.333. The monoisotopic (exact) mass is 464 g/mol. The van der Waals surface area contributed by atoms with E-state index in [1.165, 1.54) is 12.4 Å². The second-order valence-corrected chi connectivity index (χ2v) is 11.5. The van der Waals surface area contributed by atoms with Crippen LogP contribution in [0.15, 0.2) is 58.6 Å². The van der Waals surface area contributed by atoms with Crippen LogP contribution in [0, 0.1) is 0 Å². The van der Waals surface area contributed by atoms with Gasteiger partial charge in [0.2, 0.25) is 0 Å². The van der Waals surface area contributed by atoms with E-state index in [1.54, 1.807) is 6.26 Å². The molecule has 0 aromatic heterocycles. The Kier molecular flexibility index (Phi) is 6.63. The van der Waals surface area contributed by atoms with Crippen molar-refractivity contribution in [3.8, 4) is 11.1 Å². The molecule has 166 valence electrons. The first-order valence-corrected chi connectivity index (χ1v) is 12.9. The smallest absolute Gasteiger partial charge is 0.264 e. The van der Waals surface area contributed by atoms with Crippen molar-refractivity contribution in [2.45, 2.75) is 35.5 Å². The van der Waals surface area contributed by atoms with Gasteiger partial charge in [0.1, 0.15) is 6.10 Å². The molecule has 3 atom stereocenters. The molecule has 0 bridgehead atoms. The molecule has 1 aliphatic rings. The number of carbonyl (C=O) groups is 1. The third-order valence-corrected chi connectivity index (χ3v) is 8.41. The van der Waals surface area contributed by atoms with Gasteiger partial charge in [0, 0.05) is 41.0 Å². The summed E-state index contributed by atoms with van der Waals surface area (Å²) < 4.78 is 34.0. The van der Waals surface area contributed by atoms with Gasteiger partial charge in [-0.3, -0.25) is 14.2 Å². The Hall–Kier alpha value is -2.56. The molecule has 1 heterocycles. The number of hydrogen-bond donors (Lipinski definition) is 2. The van der Waals surface area contributed by atoms with Crippen molar-refractivity contribution >= 4 is 32.3 Å². The van der Waals surface area contributed by atoms with E-state index in [-0.39, 0.29) is 6.42 Å². The highest BCUT2D eigenvalue weighted by Crippen LogP contribution is 2.30. The Balaban J connectivity index is 1.71. The second kappa shape index (κ2) is 8.89. The molecule has 0 saturated heterocycles. The molecule has 0 fully saturated rings. The summed E-state index contributed by atoms with van der Waals surface area (Å²) in [6.07, 6.45) is 2.15. The topological polar surface area (TPSA) is 122 Å². The van der Waals surface area contributed by atoms with E-state index in [2.05, 4.69) is 5.16 Å². The SMILES string of the molecule is CS(=O)c1ccc(-c2ccc(C3=NOC(CC(C)(C(=O)NO)S(C)(=O)=O)C3)cc2)cc1. The van der Waals surface area contributed by atoms with Crippen LogP contribution in [-0.2, 0) is 30.3 Å². The molecular weight excluding hydrogens is 440 g/mol. The number of nitrogens with one attached hydrogen (secondary N) is 1. The summed E-state index contributed by atoms with van der Waals surface area (Å²) in [7, 11) is -4.84. The van der Waals surface area contributed by atoms with E-state index >= 15 is 0 Å². The predicted molar refractivity (Wildman–Crippen MR) is 118 cm³/mol. The minimum Gasteiger partial charge on any atom is -0.392 e. The average Bonchev–Trinajstić information content (AvgIpc) is 3.20. The van der Waals surface area contributed by atoms with E-state index in [4.69, 9.17) is 10.0 Å². The van der Waals surface area contributed by atoms with Crippen molar-refractivity contribution in [2.24, 2.45) is 5.16 Å². The first kappa shape index (κ1) is 23.1. The van der Waals surface area contributed by atoms with E-state index in [0.29, 0.717) is 12.1 Å². The van der Waals surface area contributed by atoms with Gasteiger partial charge < -0.3 is 4.84 Å². The number of oxime groups is 1. The van der Waals surface area contributed by atoms with Crippen molar-refractivity contribution < 1.29 is 27.5 Å². The fourth-order valence-electron chi connectivity index (χ4n) is 3.37. The number of sulfone groups is 1. The zero-order valence-electron chi connectivity index (χ0n) is 17.4. The summed E-state index contributed by atoms with van der Waals surface area (Å²) in [4.78, 5) is 18.2. The van der Waals surface area contributed by atoms with Crippen LogP contribution >= 0.6 is 0 Å². The molecule has 3 rings (SSSR count). The molecule has 0 aliphatic carbocycles. The van der Waals surface area contributed by atoms with Crippen LogP contribution in [0.4, 0.5) is 0 Å². The normalized spacial score (nSPS) is 19.1. The molecule has 1 amide bonds. The molecule has 3 unspecified atom stereocenters. The first-order chi connectivity index (χ1) is 14.5. The minimum absolute atomic E-state index is 0.144. The molecule has 1 aliphatic heterocycles. The third kappa shape index (κ3) is 4.86. The molecule has 0 radical (unpaired) electrons. The number of carbonyl (C=O) groups excluding carboxylic acids is 1. The van der Waals surface area contributed by atoms with Gasteiger partial charge in [0.25, 0.3) is 5.91 Å².